The van der Waals surface area contributed by atoms with Crippen molar-refractivity contribution in [3.05, 3.63) is 18.2 Å². The van der Waals surface area contributed by atoms with E-state index in [1.807, 2.05) is 12.4 Å². The number of hydrogen-bond donors (Lipinski definition) is 1. The van der Waals surface area contributed by atoms with Crippen LogP contribution in [0.15, 0.2) is 12.4 Å². The van der Waals surface area contributed by atoms with Crippen molar-refractivity contribution < 1.29 is 0 Å². The number of nitrogens with zero attached hydrogens (tertiary/aromatic N) is 2. The van der Waals surface area contributed by atoms with Crippen LogP contribution < -0.4 is 5.73 Å². The third-order valence-corrected chi connectivity index (χ3v) is 4.65. The van der Waals surface area contributed by atoms with Gasteiger partial charge in [-0.1, -0.05) is 13.8 Å². The lowest BCUT2D eigenvalue weighted by atomic mass is 9.74. The van der Waals surface area contributed by atoms with Gasteiger partial charge in [0.25, 0.3) is 0 Å². The number of aromatic nitrogens is 2. The number of aryl methyl sites for hydroxylation is 1. The highest BCUT2D eigenvalue weighted by atomic mass is 15.1. The quantitative estimate of drug-likeness (QED) is 0.889. The Kier molecular flexibility index (Phi) is 4.44. The second-order valence-electron chi connectivity index (χ2n) is 6.02. The van der Waals surface area contributed by atoms with Crippen LogP contribution in [0.3, 0.4) is 0 Å². The molecule has 0 radical (unpaired) electrons. The van der Waals surface area contributed by atoms with Crippen LogP contribution in [0, 0.1) is 17.8 Å². The van der Waals surface area contributed by atoms with E-state index in [0.29, 0.717) is 5.92 Å². The molecular weight excluding hydrogens is 222 g/mol. The molecule has 3 nitrogen and oxygen atoms in total. The predicted octanol–water partition coefficient (Wildman–Crippen LogP) is 3.37. The zero-order valence-electron chi connectivity index (χ0n) is 12.0. The fourth-order valence-electron chi connectivity index (χ4n) is 3.27. The number of nitrogens with two attached hydrogens (primary N) is 1. The maximum atomic E-state index is 6.43. The Balaban J connectivity index is 1.97. The molecule has 3 heteroatoms. The Morgan fingerprint density at radius 2 is 1.89 bits per heavy atom. The monoisotopic (exact) mass is 249 g/mol. The van der Waals surface area contributed by atoms with Gasteiger partial charge in [-0.05, 0) is 50.4 Å². The summed E-state index contributed by atoms with van der Waals surface area (Å²) < 4.78 is 2.18. The molecule has 18 heavy (non-hydrogen) atoms. The molecule has 1 aromatic rings. The second kappa shape index (κ2) is 5.87. The average Bonchev–Trinajstić information content (AvgIpc) is 2.86. The van der Waals surface area contributed by atoms with E-state index in [9.17, 15) is 0 Å². The fourth-order valence-corrected chi connectivity index (χ4v) is 3.27. The second-order valence-corrected chi connectivity index (χ2v) is 6.02. The van der Waals surface area contributed by atoms with Crippen LogP contribution in [0.1, 0.15) is 58.3 Å². The van der Waals surface area contributed by atoms with Gasteiger partial charge in [0.05, 0.1) is 6.04 Å². The molecule has 0 amide bonds. The smallest absolute Gasteiger partial charge is 0.125 e. The summed E-state index contributed by atoms with van der Waals surface area (Å²) in [4.78, 5) is 4.45. The summed E-state index contributed by atoms with van der Waals surface area (Å²) in [5.74, 6) is 3.41. The molecule has 1 heterocycles. The summed E-state index contributed by atoms with van der Waals surface area (Å²) in [7, 11) is 0. The molecule has 102 valence electrons. The molecule has 1 fully saturated rings. The molecule has 0 spiro atoms. The highest BCUT2D eigenvalue weighted by molar-refractivity contribution is 5.01. The van der Waals surface area contributed by atoms with E-state index in [0.717, 1.165) is 24.2 Å². The lowest BCUT2D eigenvalue weighted by Gasteiger charge is -2.33. The minimum absolute atomic E-state index is 0.119. The molecule has 1 aliphatic rings. The first-order valence-electron chi connectivity index (χ1n) is 7.40. The van der Waals surface area contributed by atoms with Gasteiger partial charge in [-0.15, -0.1) is 0 Å². The first-order chi connectivity index (χ1) is 8.63. The summed E-state index contributed by atoms with van der Waals surface area (Å²) in [5, 5.41) is 0. The Hall–Kier alpha value is -0.830. The Bertz CT molecular complexity index is 362. The van der Waals surface area contributed by atoms with Gasteiger partial charge in [0.1, 0.15) is 5.82 Å². The summed E-state index contributed by atoms with van der Waals surface area (Å²) in [6.07, 6.45) is 9.11. The van der Waals surface area contributed by atoms with Crippen molar-refractivity contribution in [3.63, 3.8) is 0 Å². The first-order valence-corrected chi connectivity index (χ1v) is 7.40. The van der Waals surface area contributed by atoms with Crippen molar-refractivity contribution in [3.8, 4) is 0 Å². The largest absolute Gasteiger partial charge is 0.334 e. The molecular formula is C15H27N3. The molecule has 1 unspecified atom stereocenters. The highest BCUT2D eigenvalue weighted by Crippen LogP contribution is 2.37. The van der Waals surface area contributed by atoms with E-state index in [2.05, 4.69) is 30.3 Å². The Morgan fingerprint density at radius 3 is 2.44 bits per heavy atom. The number of rotatable bonds is 4. The molecule has 1 atom stereocenters. The Labute approximate surface area is 111 Å². The highest BCUT2D eigenvalue weighted by Gasteiger charge is 2.29. The summed E-state index contributed by atoms with van der Waals surface area (Å²) in [5.41, 5.74) is 6.43. The fraction of sp³-hybridized carbons (Fsp3) is 0.800. The van der Waals surface area contributed by atoms with E-state index in [-0.39, 0.29) is 6.04 Å². The topological polar surface area (TPSA) is 43.8 Å². The van der Waals surface area contributed by atoms with Gasteiger partial charge in [0.15, 0.2) is 0 Å². The van der Waals surface area contributed by atoms with Gasteiger partial charge < -0.3 is 10.3 Å². The van der Waals surface area contributed by atoms with Gasteiger partial charge in [-0.25, -0.2) is 4.98 Å². The van der Waals surface area contributed by atoms with Crippen molar-refractivity contribution in [2.45, 2.75) is 59.0 Å². The molecule has 0 aromatic carbocycles. The van der Waals surface area contributed by atoms with Crippen LogP contribution in [0.4, 0.5) is 0 Å². The molecule has 2 N–H and O–H groups in total. The molecule has 2 rings (SSSR count). The number of imidazole rings is 1. The molecule has 0 bridgehead atoms. The zero-order valence-corrected chi connectivity index (χ0v) is 12.0. The zero-order chi connectivity index (χ0) is 13.1. The SMILES string of the molecule is CCn1ccnc1C(N)C1CCC(C(C)C)CC1. The molecule has 1 aromatic heterocycles. The van der Waals surface area contributed by atoms with Crippen molar-refractivity contribution in [1.29, 1.82) is 0 Å². The van der Waals surface area contributed by atoms with Crippen LogP contribution in [-0.4, -0.2) is 9.55 Å². The normalized spacial score (nSPS) is 26.5. The van der Waals surface area contributed by atoms with Crippen LogP contribution in [0.5, 0.6) is 0 Å². The van der Waals surface area contributed by atoms with E-state index < -0.39 is 0 Å². The van der Waals surface area contributed by atoms with Gasteiger partial charge in [-0.2, -0.15) is 0 Å². The average molecular weight is 249 g/mol. The third-order valence-electron chi connectivity index (χ3n) is 4.65. The first kappa shape index (κ1) is 13.6. The molecule has 1 saturated carbocycles. The minimum atomic E-state index is 0.119. The van der Waals surface area contributed by atoms with Crippen molar-refractivity contribution >= 4 is 0 Å². The minimum Gasteiger partial charge on any atom is -0.334 e. The summed E-state index contributed by atoms with van der Waals surface area (Å²) >= 11 is 0. The lowest BCUT2D eigenvalue weighted by Crippen LogP contribution is -2.29. The summed E-state index contributed by atoms with van der Waals surface area (Å²) in [6.45, 7) is 7.79. The van der Waals surface area contributed by atoms with E-state index in [1.165, 1.54) is 25.7 Å². The van der Waals surface area contributed by atoms with E-state index in [4.69, 9.17) is 5.73 Å². The van der Waals surface area contributed by atoms with Crippen LogP contribution in [0.2, 0.25) is 0 Å². The van der Waals surface area contributed by atoms with Gasteiger partial charge in [0, 0.05) is 18.9 Å². The Morgan fingerprint density at radius 1 is 1.28 bits per heavy atom. The number of hydrogen-bond acceptors (Lipinski definition) is 2. The van der Waals surface area contributed by atoms with Crippen LogP contribution >= 0.6 is 0 Å². The maximum Gasteiger partial charge on any atom is 0.125 e. The molecule has 0 aliphatic heterocycles. The van der Waals surface area contributed by atoms with Crippen molar-refractivity contribution in [1.82, 2.24) is 9.55 Å². The summed E-state index contributed by atoms with van der Waals surface area (Å²) in [6, 6.07) is 0.119. The van der Waals surface area contributed by atoms with E-state index in [1.54, 1.807) is 0 Å². The maximum absolute atomic E-state index is 6.43. The third kappa shape index (κ3) is 2.77. The van der Waals surface area contributed by atoms with Gasteiger partial charge >= 0.3 is 0 Å². The van der Waals surface area contributed by atoms with Crippen LogP contribution in [-0.2, 0) is 6.54 Å². The predicted molar refractivity (Wildman–Crippen MR) is 75.1 cm³/mol. The molecule has 1 aliphatic carbocycles. The van der Waals surface area contributed by atoms with Crippen molar-refractivity contribution in [2.75, 3.05) is 0 Å². The standard InChI is InChI=1S/C15H27N3/c1-4-18-10-9-17-15(18)14(16)13-7-5-12(6-8-13)11(2)3/h9-14H,4-8,16H2,1-3H3. The van der Waals surface area contributed by atoms with Gasteiger partial charge in [-0.3, -0.25) is 0 Å². The van der Waals surface area contributed by atoms with E-state index >= 15 is 0 Å². The van der Waals surface area contributed by atoms with Crippen LogP contribution in [0.25, 0.3) is 0 Å². The van der Waals surface area contributed by atoms with Gasteiger partial charge in [0.2, 0.25) is 0 Å². The van der Waals surface area contributed by atoms with Crippen molar-refractivity contribution in [2.24, 2.45) is 23.5 Å². The lowest BCUT2D eigenvalue weighted by molar-refractivity contribution is 0.199. The molecule has 0 saturated heterocycles.